The van der Waals surface area contributed by atoms with Gasteiger partial charge in [0, 0.05) is 5.41 Å². The minimum Gasteiger partial charge on any atom is -0.352 e. The standard InChI is InChI=1S/C11H18N2O2/c1-10(2)6-4-5-11(10,3)8(14)7(6)13-9(12)15/h6-7H,4-5H2,1-3H3,(H3,12,13,15). The van der Waals surface area contributed by atoms with Gasteiger partial charge in [-0.25, -0.2) is 4.79 Å². The minimum absolute atomic E-state index is 0.0306. The van der Waals surface area contributed by atoms with Crippen LogP contribution in [0.15, 0.2) is 0 Å². The number of urea groups is 1. The van der Waals surface area contributed by atoms with E-state index in [-0.39, 0.29) is 28.6 Å². The summed E-state index contributed by atoms with van der Waals surface area (Å²) in [5.74, 6) is 0.394. The predicted octanol–water partition coefficient (Wildman–Crippen LogP) is 1.05. The van der Waals surface area contributed by atoms with Crippen molar-refractivity contribution in [3.63, 3.8) is 0 Å². The molecule has 4 nitrogen and oxygen atoms in total. The van der Waals surface area contributed by atoms with E-state index in [9.17, 15) is 9.59 Å². The number of nitrogens with one attached hydrogen (secondary N) is 1. The van der Waals surface area contributed by atoms with Crippen LogP contribution in [0.5, 0.6) is 0 Å². The lowest BCUT2D eigenvalue weighted by Gasteiger charge is -2.32. The van der Waals surface area contributed by atoms with E-state index in [1.165, 1.54) is 0 Å². The summed E-state index contributed by atoms with van der Waals surface area (Å²) >= 11 is 0. The highest BCUT2D eigenvalue weighted by molar-refractivity contribution is 5.96. The average Bonchev–Trinajstić information content (AvgIpc) is 2.40. The fraction of sp³-hybridized carbons (Fsp3) is 0.818. The van der Waals surface area contributed by atoms with Crippen molar-refractivity contribution in [2.45, 2.75) is 39.7 Å². The van der Waals surface area contributed by atoms with Crippen LogP contribution in [0.3, 0.4) is 0 Å². The van der Waals surface area contributed by atoms with Crippen LogP contribution in [-0.2, 0) is 4.79 Å². The van der Waals surface area contributed by atoms with Crippen LogP contribution in [0.1, 0.15) is 33.6 Å². The third-order valence-electron chi connectivity index (χ3n) is 4.83. The Kier molecular flexibility index (Phi) is 1.91. The smallest absolute Gasteiger partial charge is 0.312 e. The fourth-order valence-electron chi connectivity index (χ4n) is 3.41. The molecule has 2 rings (SSSR count). The monoisotopic (exact) mass is 210 g/mol. The molecule has 84 valence electrons. The summed E-state index contributed by atoms with van der Waals surface area (Å²) in [6.45, 7) is 6.24. The maximum Gasteiger partial charge on any atom is 0.312 e. The Bertz CT molecular complexity index is 337. The Balaban J connectivity index is 2.34. The van der Waals surface area contributed by atoms with Gasteiger partial charge in [0.1, 0.15) is 0 Å². The highest BCUT2D eigenvalue weighted by Crippen LogP contribution is 2.63. The van der Waals surface area contributed by atoms with Gasteiger partial charge < -0.3 is 11.1 Å². The van der Waals surface area contributed by atoms with E-state index in [0.717, 1.165) is 12.8 Å². The lowest BCUT2D eigenvalue weighted by molar-refractivity contribution is -0.129. The topological polar surface area (TPSA) is 72.2 Å². The molecule has 3 unspecified atom stereocenters. The molecule has 2 aliphatic carbocycles. The third kappa shape index (κ3) is 1.08. The molecule has 0 saturated heterocycles. The Morgan fingerprint density at radius 1 is 1.47 bits per heavy atom. The molecule has 0 radical (unpaired) electrons. The average molecular weight is 210 g/mol. The zero-order valence-corrected chi connectivity index (χ0v) is 9.46. The predicted molar refractivity (Wildman–Crippen MR) is 56.1 cm³/mol. The summed E-state index contributed by atoms with van der Waals surface area (Å²) in [6, 6.07) is -0.962. The van der Waals surface area contributed by atoms with E-state index in [1.54, 1.807) is 0 Å². The van der Waals surface area contributed by atoms with Gasteiger partial charge in [-0.3, -0.25) is 4.79 Å². The van der Waals surface area contributed by atoms with Gasteiger partial charge in [-0.05, 0) is 24.2 Å². The summed E-state index contributed by atoms with van der Waals surface area (Å²) in [5, 5.41) is 2.59. The molecule has 0 heterocycles. The van der Waals surface area contributed by atoms with E-state index in [2.05, 4.69) is 19.2 Å². The van der Waals surface area contributed by atoms with Crippen molar-refractivity contribution in [2.24, 2.45) is 22.5 Å². The number of fused-ring (bicyclic) bond motifs is 2. The first-order valence-corrected chi connectivity index (χ1v) is 5.41. The summed E-state index contributed by atoms with van der Waals surface area (Å²) in [4.78, 5) is 23.0. The van der Waals surface area contributed by atoms with Gasteiger partial charge in [-0.1, -0.05) is 20.8 Å². The number of carbonyl (C=O) groups is 2. The zero-order chi connectivity index (χ0) is 11.4. The SMILES string of the molecule is CC12CCC(C(NC(N)=O)C1=O)C2(C)C. The highest BCUT2D eigenvalue weighted by atomic mass is 16.2. The molecule has 2 aliphatic rings. The Labute approximate surface area is 89.6 Å². The molecule has 0 aromatic carbocycles. The lowest BCUT2D eigenvalue weighted by Crippen LogP contribution is -2.48. The van der Waals surface area contributed by atoms with Gasteiger partial charge in [0.25, 0.3) is 0 Å². The fourth-order valence-corrected chi connectivity index (χ4v) is 3.41. The molecule has 2 saturated carbocycles. The molecule has 2 fully saturated rings. The summed E-state index contributed by atoms with van der Waals surface area (Å²) in [7, 11) is 0. The number of primary amides is 1. The highest BCUT2D eigenvalue weighted by Gasteiger charge is 2.66. The molecule has 0 spiro atoms. The molecular formula is C11H18N2O2. The second-order valence-electron chi connectivity index (χ2n) is 5.55. The van der Waals surface area contributed by atoms with E-state index >= 15 is 0 Å². The quantitative estimate of drug-likeness (QED) is 0.679. The minimum atomic E-state index is -0.597. The van der Waals surface area contributed by atoms with Crippen molar-refractivity contribution in [3.05, 3.63) is 0 Å². The van der Waals surface area contributed by atoms with Crippen molar-refractivity contribution in [1.82, 2.24) is 5.32 Å². The molecular weight excluding hydrogens is 192 g/mol. The van der Waals surface area contributed by atoms with Crippen LogP contribution in [0.2, 0.25) is 0 Å². The van der Waals surface area contributed by atoms with E-state index < -0.39 is 6.03 Å². The Morgan fingerprint density at radius 3 is 2.47 bits per heavy atom. The van der Waals surface area contributed by atoms with Gasteiger partial charge in [0.2, 0.25) is 0 Å². The second kappa shape index (κ2) is 2.74. The largest absolute Gasteiger partial charge is 0.352 e. The van der Waals surface area contributed by atoms with Gasteiger partial charge in [-0.15, -0.1) is 0 Å². The molecule has 3 N–H and O–H groups in total. The number of ketones is 1. The van der Waals surface area contributed by atoms with Crippen molar-refractivity contribution in [3.8, 4) is 0 Å². The van der Waals surface area contributed by atoms with Crippen molar-refractivity contribution < 1.29 is 9.59 Å². The number of Topliss-reactive ketones (excluding diaryl/α,β-unsaturated/α-hetero) is 1. The van der Waals surface area contributed by atoms with Crippen molar-refractivity contribution in [1.29, 1.82) is 0 Å². The number of carbonyl (C=O) groups excluding carboxylic acids is 2. The van der Waals surface area contributed by atoms with Crippen LogP contribution in [0.4, 0.5) is 4.79 Å². The van der Waals surface area contributed by atoms with E-state index in [0.29, 0.717) is 0 Å². The first-order valence-electron chi connectivity index (χ1n) is 5.41. The van der Waals surface area contributed by atoms with Crippen LogP contribution < -0.4 is 11.1 Å². The van der Waals surface area contributed by atoms with Crippen LogP contribution in [-0.4, -0.2) is 17.9 Å². The molecule has 0 aliphatic heterocycles. The number of amides is 2. The molecule has 2 amide bonds. The molecule has 4 heteroatoms. The van der Waals surface area contributed by atoms with Crippen LogP contribution in [0, 0.1) is 16.7 Å². The first kappa shape index (κ1) is 10.5. The second-order valence-corrected chi connectivity index (χ2v) is 5.55. The number of nitrogens with two attached hydrogens (primary N) is 1. The molecule has 2 bridgehead atoms. The number of hydrogen-bond donors (Lipinski definition) is 2. The van der Waals surface area contributed by atoms with Gasteiger partial charge in [0.05, 0.1) is 6.04 Å². The van der Waals surface area contributed by atoms with Gasteiger partial charge in [-0.2, -0.15) is 0 Å². The number of rotatable bonds is 1. The van der Waals surface area contributed by atoms with Crippen molar-refractivity contribution >= 4 is 11.8 Å². The normalized spacial score (nSPS) is 41.9. The first-order chi connectivity index (χ1) is 6.80. The summed E-state index contributed by atoms with van der Waals surface area (Å²) in [5.41, 5.74) is 4.78. The third-order valence-corrected chi connectivity index (χ3v) is 4.83. The summed E-state index contributed by atoms with van der Waals surface area (Å²) in [6.07, 6.45) is 1.93. The molecule has 0 aromatic rings. The van der Waals surface area contributed by atoms with Crippen LogP contribution >= 0.6 is 0 Å². The number of hydrogen-bond acceptors (Lipinski definition) is 2. The van der Waals surface area contributed by atoms with E-state index in [4.69, 9.17) is 5.73 Å². The Morgan fingerprint density at radius 2 is 2.07 bits per heavy atom. The summed E-state index contributed by atoms with van der Waals surface area (Å²) < 4.78 is 0. The van der Waals surface area contributed by atoms with E-state index in [1.807, 2.05) is 6.92 Å². The molecule has 3 atom stereocenters. The molecule has 0 aromatic heterocycles. The van der Waals surface area contributed by atoms with Crippen LogP contribution in [0.25, 0.3) is 0 Å². The lowest BCUT2D eigenvalue weighted by atomic mass is 9.70. The maximum atomic E-state index is 12.2. The molecule has 15 heavy (non-hydrogen) atoms. The zero-order valence-electron chi connectivity index (χ0n) is 9.46. The van der Waals surface area contributed by atoms with Gasteiger partial charge in [0.15, 0.2) is 5.78 Å². The maximum absolute atomic E-state index is 12.2. The Hall–Kier alpha value is -1.06. The van der Waals surface area contributed by atoms with Crippen molar-refractivity contribution in [2.75, 3.05) is 0 Å². The van der Waals surface area contributed by atoms with Gasteiger partial charge >= 0.3 is 6.03 Å².